The molecule has 1 aliphatic rings. The van der Waals surface area contributed by atoms with E-state index in [1.807, 2.05) is 36.4 Å². The monoisotopic (exact) mass is 467 g/mol. The smallest absolute Gasteiger partial charge is 0.414 e. The molecule has 33 heavy (non-hydrogen) atoms. The SMILES string of the molecule is O=C(O)CSCCNC(=O)c1cc(NC(=O)OCC2c3ccccc3-c3ccccc32)on1. The van der Waals surface area contributed by atoms with E-state index in [2.05, 4.69) is 27.9 Å². The molecule has 3 aromatic rings. The molecule has 10 heteroatoms. The minimum absolute atomic E-state index is 0.00724. The zero-order chi connectivity index (χ0) is 23.2. The number of carboxylic acid groups (broad SMARTS) is 1. The normalized spacial score (nSPS) is 12.0. The lowest BCUT2D eigenvalue weighted by Crippen LogP contribution is -2.26. The number of aromatic nitrogens is 1. The van der Waals surface area contributed by atoms with Crippen LogP contribution in [0.25, 0.3) is 11.1 Å². The Morgan fingerprint density at radius 2 is 1.73 bits per heavy atom. The van der Waals surface area contributed by atoms with Crippen molar-refractivity contribution >= 4 is 35.6 Å². The fourth-order valence-electron chi connectivity index (χ4n) is 3.66. The number of thioether (sulfide) groups is 1. The van der Waals surface area contributed by atoms with Crippen molar-refractivity contribution in [1.82, 2.24) is 10.5 Å². The summed E-state index contributed by atoms with van der Waals surface area (Å²) in [6.45, 7) is 0.425. The van der Waals surface area contributed by atoms with E-state index in [0.717, 1.165) is 22.3 Å². The van der Waals surface area contributed by atoms with Gasteiger partial charge < -0.3 is 19.7 Å². The topological polar surface area (TPSA) is 131 Å². The number of nitrogens with zero attached hydrogens (tertiary/aromatic N) is 1. The van der Waals surface area contributed by atoms with Crippen molar-refractivity contribution in [3.05, 3.63) is 71.4 Å². The summed E-state index contributed by atoms with van der Waals surface area (Å²) in [6.07, 6.45) is -0.718. The van der Waals surface area contributed by atoms with Gasteiger partial charge in [-0.05, 0) is 22.3 Å². The second kappa shape index (κ2) is 10.2. The van der Waals surface area contributed by atoms with Gasteiger partial charge in [-0.3, -0.25) is 14.9 Å². The average molecular weight is 468 g/mol. The number of hydrogen-bond donors (Lipinski definition) is 3. The number of hydrogen-bond acceptors (Lipinski definition) is 7. The molecule has 4 rings (SSSR count). The predicted molar refractivity (Wildman–Crippen MR) is 122 cm³/mol. The lowest BCUT2D eigenvalue weighted by atomic mass is 9.98. The van der Waals surface area contributed by atoms with E-state index in [4.69, 9.17) is 14.4 Å². The second-order valence-electron chi connectivity index (χ2n) is 7.23. The summed E-state index contributed by atoms with van der Waals surface area (Å²) in [7, 11) is 0. The molecule has 1 heterocycles. The molecule has 170 valence electrons. The number of amides is 2. The van der Waals surface area contributed by atoms with E-state index in [9.17, 15) is 14.4 Å². The van der Waals surface area contributed by atoms with E-state index in [1.165, 1.54) is 17.8 Å². The number of nitrogens with one attached hydrogen (secondary N) is 2. The van der Waals surface area contributed by atoms with Crippen molar-refractivity contribution in [1.29, 1.82) is 0 Å². The fourth-order valence-corrected chi connectivity index (χ4v) is 4.23. The molecule has 3 N–H and O–H groups in total. The fraction of sp³-hybridized carbons (Fsp3) is 0.217. The molecule has 1 aromatic heterocycles. The number of aliphatic carboxylic acids is 1. The molecule has 0 saturated carbocycles. The van der Waals surface area contributed by atoms with E-state index in [1.54, 1.807) is 0 Å². The quantitative estimate of drug-likeness (QED) is 0.407. The van der Waals surface area contributed by atoms with Crippen LogP contribution in [-0.4, -0.2) is 52.9 Å². The summed E-state index contributed by atoms with van der Waals surface area (Å²) in [5.41, 5.74) is 4.47. The molecule has 9 nitrogen and oxygen atoms in total. The molecule has 0 aliphatic heterocycles. The van der Waals surface area contributed by atoms with Crippen LogP contribution in [-0.2, 0) is 9.53 Å². The molecule has 1 aliphatic carbocycles. The molecule has 0 spiro atoms. The summed E-state index contributed by atoms with van der Waals surface area (Å²) in [5, 5.41) is 17.3. The Kier molecular flexibility index (Phi) is 6.94. The summed E-state index contributed by atoms with van der Waals surface area (Å²) in [6, 6.07) is 17.4. The number of carbonyl (C=O) groups is 3. The number of carboxylic acids is 1. The Morgan fingerprint density at radius 1 is 1.06 bits per heavy atom. The van der Waals surface area contributed by atoms with Gasteiger partial charge in [0.1, 0.15) is 6.61 Å². The summed E-state index contributed by atoms with van der Waals surface area (Å²) in [5.74, 6) is -1.08. The van der Waals surface area contributed by atoms with Crippen LogP contribution >= 0.6 is 11.8 Å². The van der Waals surface area contributed by atoms with Gasteiger partial charge in [0.05, 0.1) is 5.75 Å². The molecule has 2 aromatic carbocycles. The van der Waals surface area contributed by atoms with E-state index in [0.29, 0.717) is 5.75 Å². The van der Waals surface area contributed by atoms with Gasteiger partial charge in [-0.1, -0.05) is 53.7 Å². The third-order valence-corrected chi connectivity index (χ3v) is 6.01. The Morgan fingerprint density at radius 3 is 2.39 bits per heavy atom. The predicted octanol–water partition coefficient (Wildman–Crippen LogP) is 3.58. The second-order valence-corrected chi connectivity index (χ2v) is 8.33. The molecule has 0 fully saturated rings. The first kappa shape index (κ1) is 22.4. The number of rotatable bonds is 9. The summed E-state index contributed by atoms with van der Waals surface area (Å²) in [4.78, 5) is 34.8. The standard InChI is InChI=1S/C23H21N3O6S/c27-21(28)13-33-10-9-24-22(29)19-11-20(32-26-19)25-23(30)31-12-18-16-7-3-1-5-14(16)15-6-2-4-8-17(15)18/h1-8,11,18H,9-10,12-13H2,(H,24,29)(H,25,30)(H,27,28). The van der Waals surface area contributed by atoms with Gasteiger partial charge in [0.15, 0.2) is 5.69 Å². The van der Waals surface area contributed by atoms with Crippen molar-refractivity contribution in [2.24, 2.45) is 0 Å². The maximum Gasteiger partial charge on any atom is 0.414 e. The van der Waals surface area contributed by atoms with Gasteiger partial charge in [-0.2, -0.15) is 0 Å². The maximum atomic E-state index is 12.3. The molecule has 0 bridgehead atoms. The number of benzene rings is 2. The largest absolute Gasteiger partial charge is 0.481 e. The molecule has 0 unspecified atom stereocenters. The van der Waals surface area contributed by atoms with Crippen LogP contribution in [0.1, 0.15) is 27.5 Å². The van der Waals surface area contributed by atoms with Crippen LogP contribution in [0.15, 0.2) is 59.1 Å². The van der Waals surface area contributed by atoms with Crippen LogP contribution in [0, 0.1) is 0 Å². The first-order valence-corrected chi connectivity index (χ1v) is 11.3. The molecule has 0 saturated heterocycles. The van der Waals surface area contributed by atoms with Crippen molar-refractivity contribution in [2.45, 2.75) is 5.92 Å². The van der Waals surface area contributed by atoms with E-state index >= 15 is 0 Å². The first-order valence-electron chi connectivity index (χ1n) is 10.2. The third kappa shape index (κ3) is 5.35. The lowest BCUT2D eigenvalue weighted by molar-refractivity contribution is -0.133. The van der Waals surface area contributed by atoms with Crippen LogP contribution in [0.5, 0.6) is 0 Å². The molecule has 0 atom stereocenters. The first-order chi connectivity index (χ1) is 16.0. The van der Waals surface area contributed by atoms with Crippen molar-refractivity contribution < 1.29 is 28.8 Å². The highest BCUT2D eigenvalue weighted by molar-refractivity contribution is 7.99. The number of carbonyl (C=O) groups excluding carboxylic acids is 2. The van der Waals surface area contributed by atoms with Crippen molar-refractivity contribution in [2.75, 3.05) is 30.0 Å². The van der Waals surface area contributed by atoms with Gasteiger partial charge in [-0.25, -0.2) is 4.79 Å². The molecular weight excluding hydrogens is 446 g/mol. The van der Waals surface area contributed by atoms with Crippen molar-refractivity contribution in [3.63, 3.8) is 0 Å². The zero-order valence-electron chi connectivity index (χ0n) is 17.4. The van der Waals surface area contributed by atoms with Gasteiger partial charge in [0, 0.05) is 24.3 Å². The third-order valence-electron chi connectivity index (χ3n) is 5.07. The zero-order valence-corrected chi connectivity index (χ0v) is 18.3. The number of fused-ring (bicyclic) bond motifs is 3. The Labute approximate surface area is 193 Å². The number of anilines is 1. The summed E-state index contributed by atoms with van der Waals surface area (Å²) < 4.78 is 10.4. The molecular formula is C23H21N3O6S. The van der Waals surface area contributed by atoms with Crippen LogP contribution in [0.4, 0.5) is 10.7 Å². The highest BCUT2D eigenvalue weighted by Gasteiger charge is 2.29. The Bertz CT molecular complexity index is 1130. The molecule has 0 radical (unpaired) electrons. The van der Waals surface area contributed by atoms with Gasteiger partial charge >= 0.3 is 12.1 Å². The van der Waals surface area contributed by atoms with Crippen LogP contribution in [0.2, 0.25) is 0 Å². The van der Waals surface area contributed by atoms with Gasteiger partial charge in [0.25, 0.3) is 5.91 Å². The lowest BCUT2D eigenvalue weighted by Gasteiger charge is -2.13. The Hall–Kier alpha value is -3.79. The van der Waals surface area contributed by atoms with Crippen LogP contribution in [0.3, 0.4) is 0 Å². The average Bonchev–Trinajstić information content (AvgIpc) is 3.40. The minimum atomic E-state index is -0.910. The van der Waals surface area contributed by atoms with Crippen LogP contribution < -0.4 is 10.6 Å². The highest BCUT2D eigenvalue weighted by atomic mass is 32.2. The molecule has 2 amide bonds. The van der Waals surface area contributed by atoms with Gasteiger partial charge in [-0.15, -0.1) is 11.8 Å². The number of ether oxygens (including phenoxy) is 1. The minimum Gasteiger partial charge on any atom is -0.481 e. The van der Waals surface area contributed by atoms with Crippen molar-refractivity contribution in [3.8, 4) is 11.1 Å². The maximum absolute atomic E-state index is 12.3. The summed E-state index contributed by atoms with van der Waals surface area (Å²) >= 11 is 1.19. The van der Waals surface area contributed by atoms with E-state index in [-0.39, 0.29) is 36.4 Å². The highest BCUT2D eigenvalue weighted by Crippen LogP contribution is 2.44. The Balaban J connectivity index is 1.28. The van der Waals surface area contributed by atoms with E-state index < -0.39 is 18.0 Å². The van der Waals surface area contributed by atoms with Gasteiger partial charge in [0.2, 0.25) is 5.88 Å².